The van der Waals surface area contributed by atoms with Gasteiger partial charge in [0.25, 0.3) is 5.91 Å². The van der Waals surface area contributed by atoms with Crippen LogP contribution in [-0.4, -0.2) is 34.0 Å². The first kappa shape index (κ1) is 22.6. The number of carboxylic acids is 1. The number of phenolic OH excluding ortho intramolecular Hbond substituents is 1. The molecule has 2 aromatic rings. The van der Waals surface area contributed by atoms with Crippen LogP contribution in [0.2, 0.25) is 0 Å². The molecule has 0 aliphatic heterocycles. The summed E-state index contributed by atoms with van der Waals surface area (Å²) in [6, 6.07) is 6.41. The molecule has 2 aromatic carbocycles. The van der Waals surface area contributed by atoms with Crippen LogP contribution in [0.25, 0.3) is 0 Å². The Morgan fingerprint density at radius 1 is 1.00 bits per heavy atom. The van der Waals surface area contributed by atoms with E-state index in [2.05, 4.69) is 10.6 Å². The Hall–Kier alpha value is -3.55. The number of aromatic hydroxyl groups is 1. The molecular weight excluding hydrogens is 424 g/mol. The van der Waals surface area contributed by atoms with Crippen molar-refractivity contribution in [1.29, 1.82) is 0 Å². The Bertz CT molecular complexity index is 1100. The first-order valence-electron chi connectivity index (χ1n) is 11.3. The fourth-order valence-electron chi connectivity index (χ4n) is 4.72. The highest BCUT2D eigenvalue weighted by molar-refractivity contribution is 6.36. The van der Waals surface area contributed by atoms with E-state index in [-0.39, 0.29) is 23.3 Å². The van der Waals surface area contributed by atoms with Gasteiger partial charge in [-0.05, 0) is 74.4 Å². The highest BCUT2D eigenvalue weighted by atomic mass is 16.5. The number of anilines is 1. The average molecular weight is 453 g/mol. The Morgan fingerprint density at radius 2 is 1.73 bits per heavy atom. The number of carbonyl (C=O) groups excluding carboxylic acids is 2. The molecule has 2 amide bonds. The van der Waals surface area contributed by atoms with Crippen LogP contribution in [0.3, 0.4) is 0 Å². The first-order chi connectivity index (χ1) is 15.8. The van der Waals surface area contributed by atoms with Gasteiger partial charge in [-0.3, -0.25) is 9.59 Å². The number of aryl methyl sites for hydroxylation is 1. The number of benzene rings is 2. The van der Waals surface area contributed by atoms with Crippen molar-refractivity contribution < 1.29 is 29.3 Å². The highest BCUT2D eigenvalue weighted by Crippen LogP contribution is 2.41. The van der Waals surface area contributed by atoms with Crippen LogP contribution in [0.1, 0.15) is 65.6 Å². The van der Waals surface area contributed by atoms with Gasteiger partial charge >= 0.3 is 11.9 Å². The van der Waals surface area contributed by atoms with Crippen LogP contribution in [0, 0.1) is 6.92 Å². The number of ether oxygens (including phenoxy) is 1. The molecule has 0 heterocycles. The van der Waals surface area contributed by atoms with E-state index in [1.807, 2.05) is 6.92 Å². The van der Waals surface area contributed by atoms with Gasteiger partial charge in [0.15, 0.2) is 0 Å². The number of rotatable bonds is 5. The number of carboxylic acid groups (broad SMARTS) is 1. The van der Waals surface area contributed by atoms with Crippen molar-refractivity contribution >= 4 is 23.5 Å². The summed E-state index contributed by atoms with van der Waals surface area (Å²) >= 11 is 0. The van der Waals surface area contributed by atoms with Gasteiger partial charge in [0.1, 0.15) is 17.2 Å². The lowest BCUT2D eigenvalue weighted by Crippen LogP contribution is -2.36. The molecule has 8 nitrogen and oxygen atoms in total. The van der Waals surface area contributed by atoms with Crippen molar-refractivity contribution in [2.45, 2.75) is 64.3 Å². The van der Waals surface area contributed by atoms with Gasteiger partial charge in [0.2, 0.25) is 0 Å². The molecule has 8 heteroatoms. The standard InChI is InChI=1S/C25H28N2O6/c1-14-12-20(27-24(30)25(31)32)17-8-5-9-18(17)22(14)33-16-10-11-21(28)19(13-16)23(29)26-15-6-3-2-4-7-15/h10-13,15,28H,2-9H2,1H3,(H,26,29)(H,27,30)(H,31,32). The van der Waals surface area contributed by atoms with E-state index in [0.29, 0.717) is 23.6 Å². The zero-order chi connectivity index (χ0) is 23.5. The van der Waals surface area contributed by atoms with E-state index < -0.39 is 11.9 Å². The fraction of sp³-hybridized carbons (Fsp3) is 0.400. The Kier molecular flexibility index (Phi) is 6.53. The van der Waals surface area contributed by atoms with Gasteiger partial charge < -0.3 is 25.6 Å². The molecule has 0 spiro atoms. The predicted molar refractivity (Wildman–Crippen MR) is 122 cm³/mol. The zero-order valence-electron chi connectivity index (χ0n) is 18.6. The number of phenols is 1. The molecule has 174 valence electrons. The van der Waals surface area contributed by atoms with Crippen LogP contribution >= 0.6 is 0 Å². The Morgan fingerprint density at radius 3 is 2.45 bits per heavy atom. The molecule has 0 bridgehead atoms. The van der Waals surface area contributed by atoms with Crippen LogP contribution in [-0.2, 0) is 22.4 Å². The molecule has 1 saturated carbocycles. The smallest absolute Gasteiger partial charge is 0.394 e. The summed E-state index contributed by atoms with van der Waals surface area (Å²) in [6.07, 6.45) is 7.54. The number of carbonyl (C=O) groups is 3. The van der Waals surface area contributed by atoms with Gasteiger partial charge in [-0.2, -0.15) is 0 Å². The summed E-state index contributed by atoms with van der Waals surface area (Å²) in [7, 11) is 0. The normalized spacial score (nSPS) is 15.5. The van der Waals surface area contributed by atoms with Crippen LogP contribution in [0.4, 0.5) is 5.69 Å². The second-order valence-corrected chi connectivity index (χ2v) is 8.73. The number of hydrogen-bond acceptors (Lipinski definition) is 5. The maximum absolute atomic E-state index is 12.8. The summed E-state index contributed by atoms with van der Waals surface area (Å²) in [5.41, 5.74) is 3.16. The van der Waals surface area contributed by atoms with Crippen LogP contribution in [0.15, 0.2) is 24.3 Å². The molecule has 0 aromatic heterocycles. The van der Waals surface area contributed by atoms with E-state index >= 15 is 0 Å². The number of nitrogens with one attached hydrogen (secondary N) is 2. The third kappa shape index (κ3) is 4.94. The summed E-state index contributed by atoms with van der Waals surface area (Å²) in [5.74, 6) is -2.00. The molecule has 0 saturated heterocycles. The quantitative estimate of drug-likeness (QED) is 0.507. The molecule has 4 rings (SSSR count). The number of amides is 2. The molecule has 33 heavy (non-hydrogen) atoms. The Labute approximate surface area is 192 Å². The van der Waals surface area contributed by atoms with Gasteiger partial charge in [-0.25, -0.2) is 4.79 Å². The molecule has 0 atom stereocenters. The largest absolute Gasteiger partial charge is 0.507 e. The summed E-state index contributed by atoms with van der Waals surface area (Å²) in [5, 5.41) is 24.7. The van der Waals surface area contributed by atoms with Crippen molar-refractivity contribution in [2.24, 2.45) is 0 Å². The van der Waals surface area contributed by atoms with E-state index in [4.69, 9.17) is 9.84 Å². The molecule has 2 aliphatic carbocycles. The molecule has 0 unspecified atom stereocenters. The van der Waals surface area contributed by atoms with Crippen molar-refractivity contribution in [1.82, 2.24) is 5.32 Å². The van der Waals surface area contributed by atoms with Gasteiger partial charge in [-0.15, -0.1) is 0 Å². The lowest BCUT2D eigenvalue weighted by atomic mass is 9.95. The van der Waals surface area contributed by atoms with E-state index in [0.717, 1.165) is 55.2 Å². The topological polar surface area (TPSA) is 125 Å². The van der Waals surface area contributed by atoms with E-state index in [1.54, 1.807) is 12.1 Å². The summed E-state index contributed by atoms with van der Waals surface area (Å²) < 4.78 is 6.18. The number of aliphatic carboxylic acids is 1. The van der Waals surface area contributed by atoms with Gasteiger partial charge in [0.05, 0.1) is 5.56 Å². The minimum absolute atomic E-state index is 0.107. The lowest BCUT2D eigenvalue weighted by molar-refractivity contribution is -0.147. The maximum Gasteiger partial charge on any atom is 0.394 e. The first-order valence-corrected chi connectivity index (χ1v) is 11.3. The van der Waals surface area contributed by atoms with Crippen LogP contribution in [0.5, 0.6) is 17.2 Å². The van der Waals surface area contributed by atoms with Crippen LogP contribution < -0.4 is 15.4 Å². The zero-order valence-corrected chi connectivity index (χ0v) is 18.6. The molecule has 0 radical (unpaired) electrons. The maximum atomic E-state index is 12.8. The SMILES string of the molecule is Cc1cc(NC(=O)C(=O)O)c2c(c1Oc1ccc(O)c(C(=O)NC3CCCCC3)c1)CCC2. The highest BCUT2D eigenvalue weighted by Gasteiger charge is 2.25. The Balaban J connectivity index is 1.58. The molecule has 4 N–H and O–H groups in total. The monoisotopic (exact) mass is 452 g/mol. The van der Waals surface area contributed by atoms with Crippen molar-refractivity contribution in [3.8, 4) is 17.2 Å². The minimum Gasteiger partial charge on any atom is -0.507 e. The third-order valence-electron chi connectivity index (χ3n) is 6.35. The van der Waals surface area contributed by atoms with Crippen molar-refractivity contribution in [2.75, 3.05) is 5.32 Å². The van der Waals surface area contributed by atoms with Crippen molar-refractivity contribution in [3.05, 3.63) is 46.5 Å². The second-order valence-electron chi connectivity index (χ2n) is 8.73. The fourth-order valence-corrected chi connectivity index (χ4v) is 4.72. The van der Waals surface area contributed by atoms with Gasteiger partial charge in [0, 0.05) is 17.3 Å². The number of hydrogen-bond donors (Lipinski definition) is 4. The second kappa shape index (κ2) is 9.52. The number of fused-ring (bicyclic) bond motifs is 1. The molecular formula is C25H28N2O6. The van der Waals surface area contributed by atoms with Crippen molar-refractivity contribution in [3.63, 3.8) is 0 Å². The third-order valence-corrected chi connectivity index (χ3v) is 6.35. The predicted octanol–water partition coefficient (Wildman–Crippen LogP) is 4.07. The molecule has 1 fully saturated rings. The van der Waals surface area contributed by atoms with Gasteiger partial charge in [-0.1, -0.05) is 19.3 Å². The van der Waals surface area contributed by atoms with E-state index in [1.165, 1.54) is 18.6 Å². The summed E-state index contributed by atoms with van der Waals surface area (Å²) in [6.45, 7) is 1.82. The minimum atomic E-state index is -1.54. The van der Waals surface area contributed by atoms with E-state index in [9.17, 15) is 19.5 Å². The molecule has 2 aliphatic rings. The summed E-state index contributed by atoms with van der Waals surface area (Å²) in [4.78, 5) is 35.4. The average Bonchev–Trinajstić information content (AvgIpc) is 3.28. The lowest BCUT2D eigenvalue weighted by Gasteiger charge is -2.23.